The van der Waals surface area contributed by atoms with E-state index in [0.29, 0.717) is 24.0 Å². The lowest BCUT2D eigenvalue weighted by molar-refractivity contribution is -0.131. The third-order valence-electron chi connectivity index (χ3n) is 3.90. The maximum Gasteiger partial charge on any atom is 0.317 e. The number of urea groups is 1. The van der Waals surface area contributed by atoms with Crippen molar-refractivity contribution in [3.05, 3.63) is 69.9 Å². The smallest absolute Gasteiger partial charge is 0.317 e. The lowest BCUT2D eigenvalue weighted by atomic mass is 10.2. The van der Waals surface area contributed by atoms with Crippen molar-refractivity contribution in [3.63, 3.8) is 0 Å². The van der Waals surface area contributed by atoms with Crippen LogP contribution in [0.25, 0.3) is 0 Å². The Hall–Kier alpha value is -2.31. The van der Waals surface area contributed by atoms with E-state index in [2.05, 4.69) is 11.9 Å². The molecule has 0 unspecified atom stereocenters. The Labute approximate surface area is 169 Å². The number of hydrogen-bond acceptors (Lipinski definition) is 3. The van der Waals surface area contributed by atoms with E-state index in [1.165, 1.54) is 11.3 Å². The summed E-state index contributed by atoms with van der Waals surface area (Å²) >= 11 is 7.40. The first kappa shape index (κ1) is 21.0. The predicted octanol–water partition coefficient (Wildman–Crippen LogP) is 4.15. The van der Waals surface area contributed by atoms with Crippen LogP contribution in [0, 0.1) is 0 Å². The molecule has 5 nitrogen and oxygen atoms in total. The first-order valence-corrected chi connectivity index (χ1v) is 9.85. The van der Waals surface area contributed by atoms with Gasteiger partial charge in [0, 0.05) is 38.0 Å². The summed E-state index contributed by atoms with van der Waals surface area (Å²) in [7, 11) is 1.73. The maximum absolute atomic E-state index is 12.5. The number of nitrogens with one attached hydrogen (secondary N) is 1. The van der Waals surface area contributed by atoms with Crippen LogP contribution in [0.15, 0.2) is 55.1 Å². The maximum atomic E-state index is 12.5. The van der Waals surface area contributed by atoms with Crippen molar-refractivity contribution < 1.29 is 9.59 Å². The highest BCUT2D eigenvalue weighted by molar-refractivity contribution is 7.16. The summed E-state index contributed by atoms with van der Waals surface area (Å²) in [4.78, 5) is 29.0. The fourth-order valence-electron chi connectivity index (χ4n) is 2.53. The second-order valence-corrected chi connectivity index (χ2v) is 7.89. The van der Waals surface area contributed by atoms with Crippen LogP contribution in [-0.4, -0.2) is 41.9 Å². The molecule has 0 saturated heterocycles. The number of amides is 3. The second kappa shape index (κ2) is 10.7. The summed E-state index contributed by atoms with van der Waals surface area (Å²) in [5, 5.41) is 2.79. The Balaban J connectivity index is 1.78. The Morgan fingerprint density at radius 2 is 1.93 bits per heavy atom. The van der Waals surface area contributed by atoms with Gasteiger partial charge in [0.25, 0.3) is 0 Å². The lowest BCUT2D eigenvalue weighted by Crippen LogP contribution is -2.39. The SMILES string of the molecule is C=CCN(Cc1ccc(Cl)s1)C(=O)CCNC(=O)N(C)Cc1ccccc1. The summed E-state index contributed by atoms with van der Waals surface area (Å²) in [6.45, 7) is 5.46. The normalized spacial score (nSPS) is 10.3. The van der Waals surface area contributed by atoms with Crippen LogP contribution < -0.4 is 5.32 Å². The standard InChI is InChI=1S/C20H24ClN3O2S/c1-3-13-24(15-17-9-10-18(21)27-17)19(25)11-12-22-20(26)23(2)14-16-7-5-4-6-8-16/h3-10H,1,11-15H2,2H3,(H,22,26). The molecule has 3 amide bonds. The number of rotatable bonds is 9. The van der Waals surface area contributed by atoms with Gasteiger partial charge in [-0.15, -0.1) is 17.9 Å². The molecule has 7 heteroatoms. The zero-order valence-corrected chi connectivity index (χ0v) is 16.9. The summed E-state index contributed by atoms with van der Waals surface area (Å²) in [5.74, 6) is -0.0366. The molecule has 1 aromatic carbocycles. The van der Waals surface area contributed by atoms with Crippen LogP contribution in [0.2, 0.25) is 4.34 Å². The average Bonchev–Trinajstić information content (AvgIpc) is 3.06. The first-order chi connectivity index (χ1) is 13.0. The van der Waals surface area contributed by atoms with Crippen LogP contribution in [0.1, 0.15) is 16.9 Å². The van der Waals surface area contributed by atoms with Crippen molar-refractivity contribution >= 4 is 34.9 Å². The zero-order chi connectivity index (χ0) is 19.6. The molecular weight excluding hydrogens is 382 g/mol. The first-order valence-electron chi connectivity index (χ1n) is 8.65. The fraction of sp³-hybridized carbons (Fsp3) is 0.300. The van der Waals surface area contributed by atoms with Gasteiger partial charge in [0.05, 0.1) is 10.9 Å². The minimum atomic E-state index is -0.202. The average molecular weight is 406 g/mol. The minimum absolute atomic E-state index is 0.0366. The fourth-order valence-corrected chi connectivity index (χ4v) is 3.64. The molecule has 0 bridgehead atoms. The van der Waals surface area contributed by atoms with Gasteiger partial charge in [-0.05, 0) is 17.7 Å². The number of carbonyl (C=O) groups is 2. The van der Waals surface area contributed by atoms with Gasteiger partial charge in [-0.2, -0.15) is 0 Å². The van der Waals surface area contributed by atoms with Gasteiger partial charge < -0.3 is 15.1 Å². The molecule has 0 spiro atoms. The molecule has 0 aliphatic rings. The lowest BCUT2D eigenvalue weighted by Gasteiger charge is -2.21. The molecule has 0 fully saturated rings. The van der Waals surface area contributed by atoms with E-state index in [1.54, 1.807) is 22.9 Å². The Bertz CT molecular complexity index is 764. The quantitative estimate of drug-likeness (QED) is 0.637. The highest BCUT2D eigenvalue weighted by Crippen LogP contribution is 2.22. The van der Waals surface area contributed by atoms with Crippen molar-refractivity contribution in [2.45, 2.75) is 19.5 Å². The molecule has 0 radical (unpaired) electrons. The predicted molar refractivity (Wildman–Crippen MR) is 111 cm³/mol. The van der Waals surface area contributed by atoms with Crippen molar-refractivity contribution in [2.24, 2.45) is 0 Å². The van der Waals surface area contributed by atoms with Crippen LogP contribution in [-0.2, 0) is 17.9 Å². The molecule has 0 aliphatic carbocycles. The van der Waals surface area contributed by atoms with E-state index in [1.807, 2.05) is 42.5 Å². The molecule has 1 heterocycles. The topological polar surface area (TPSA) is 52.7 Å². The molecule has 1 aromatic heterocycles. The van der Waals surface area contributed by atoms with E-state index in [-0.39, 0.29) is 24.9 Å². The van der Waals surface area contributed by atoms with Crippen LogP contribution in [0.4, 0.5) is 4.79 Å². The molecule has 0 aliphatic heterocycles. The van der Waals surface area contributed by atoms with Crippen molar-refractivity contribution in [2.75, 3.05) is 20.1 Å². The van der Waals surface area contributed by atoms with Crippen molar-refractivity contribution in [1.82, 2.24) is 15.1 Å². The zero-order valence-electron chi connectivity index (χ0n) is 15.4. The number of nitrogens with zero attached hydrogens (tertiary/aromatic N) is 2. The molecule has 2 rings (SSSR count). The van der Waals surface area contributed by atoms with E-state index in [0.717, 1.165) is 10.4 Å². The Morgan fingerprint density at radius 1 is 1.19 bits per heavy atom. The monoisotopic (exact) mass is 405 g/mol. The molecular formula is C20H24ClN3O2S. The van der Waals surface area contributed by atoms with Gasteiger partial charge >= 0.3 is 6.03 Å². The van der Waals surface area contributed by atoms with Gasteiger partial charge in [-0.25, -0.2) is 4.79 Å². The third kappa shape index (κ3) is 7.07. The Morgan fingerprint density at radius 3 is 2.56 bits per heavy atom. The Kier molecular flexibility index (Phi) is 8.36. The number of carbonyl (C=O) groups excluding carboxylic acids is 2. The van der Waals surface area contributed by atoms with Gasteiger partial charge in [0.2, 0.25) is 5.91 Å². The van der Waals surface area contributed by atoms with Crippen molar-refractivity contribution in [1.29, 1.82) is 0 Å². The molecule has 0 atom stereocenters. The van der Waals surface area contributed by atoms with E-state index < -0.39 is 0 Å². The third-order valence-corrected chi connectivity index (χ3v) is 5.12. The van der Waals surface area contributed by atoms with Gasteiger partial charge in [-0.1, -0.05) is 48.0 Å². The number of halogens is 1. The van der Waals surface area contributed by atoms with E-state index in [4.69, 9.17) is 11.6 Å². The summed E-state index contributed by atoms with van der Waals surface area (Å²) < 4.78 is 0.699. The second-order valence-electron chi connectivity index (χ2n) is 6.09. The summed E-state index contributed by atoms with van der Waals surface area (Å²) in [6.07, 6.45) is 1.93. The number of thiophene rings is 1. The van der Waals surface area contributed by atoms with Crippen LogP contribution >= 0.6 is 22.9 Å². The molecule has 144 valence electrons. The number of benzene rings is 1. The minimum Gasteiger partial charge on any atom is -0.337 e. The highest BCUT2D eigenvalue weighted by atomic mass is 35.5. The highest BCUT2D eigenvalue weighted by Gasteiger charge is 2.15. The molecule has 27 heavy (non-hydrogen) atoms. The summed E-state index contributed by atoms with van der Waals surface area (Å²) in [6, 6.07) is 13.3. The summed E-state index contributed by atoms with van der Waals surface area (Å²) in [5.41, 5.74) is 1.05. The molecule has 2 aromatic rings. The molecule has 1 N–H and O–H groups in total. The van der Waals surface area contributed by atoms with Crippen molar-refractivity contribution in [3.8, 4) is 0 Å². The van der Waals surface area contributed by atoms with E-state index >= 15 is 0 Å². The number of hydrogen-bond donors (Lipinski definition) is 1. The van der Waals surface area contributed by atoms with Gasteiger partial charge in [0.15, 0.2) is 0 Å². The van der Waals surface area contributed by atoms with Gasteiger partial charge in [0.1, 0.15) is 0 Å². The van der Waals surface area contributed by atoms with Crippen LogP contribution in [0.5, 0.6) is 0 Å². The van der Waals surface area contributed by atoms with E-state index in [9.17, 15) is 9.59 Å². The van der Waals surface area contributed by atoms with Gasteiger partial charge in [-0.3, -0.25) is 4.79 Å². The van der Waals surface area contributed by atoms with Crippen LogP contribution in [0.3, 0.4) is 0 Å². The molecule has 0 saturated carbocycles. The largest absolute Gasteiger partial charge is 0.337 e.